The first kappa shape index (κ1) is 14.9. The normalized spacial score (nSPS) is 10.7. The molecule has 0 spiro atoms. The van der Waals surface area contributed by atoms with Crippen LogP contribution in [0.15, 0.2) is 36.4 Å². The molecule has 0 radical (unpaired) electrons. The van der Waals surface area contributed by atoms with E-state index in [1.165, 1.54) is 7.11 Å². The molecule has 0 aliphatic carbocycles. The van der Waals surface area contributed by atoms with Crippen molar-refractivity contribution in [3.63, 3.8) is 0 Å². The van der Waals surface area contributed by atoms with Gasteiger partial charge in [0.05, 0.1) is 24.6 Å². The van der Waals surface area contributed by atoms with E-state index in [0.717, 1.165) is 5.56 Å². The molecule has 0 aliphatic heterocycles. The number of anilines is 2. The summed E-state index contributed by atoms with van der Waals surface area (Å²) in [5.74, 6) is 1.99. The summed E-state index contributed by atoms with van der Waals surface area (Å²) in [4.78, 5) is 8.11. The number of rotatable bonds is 4. The summed E-state index contributed by atoms with van der Waals surface area (Å²) >= 11 is 0. The van der Waals surface area contributed by atoms with E-state index in [1.807, 2.05) is 0 Å². The monoisotopic (exact) mass is 312 g/mol. The molecule has 5 N–H and O–H groups in total. The van der Waals surface area contributed by atoms with Crippen LogP contribution in [0.3, 0.4) is 0 Å². The molecule has 0 unspecified atom stereocenters. The first-order chi connectivity index (χ1) is 11.1. The number of hydrogen-bond acceptors (Lipinski definition) is 7. The van der Waals surface area contributed by atoms with E-state index in [0.29, 0.717) is 28.2 Å². The fraction of sp³-hybridized carbons (Fsp3) is 0.125. The van der Waals surface area contributed by atoms with E-state index in [9.17, 15) is 0 Å². The van der Waals surface area contributed by atoms with Gasteiger partial charge in [-0.15, -0.1) is 0 Å². The van der Waals surface area contributed by atoms with Crippen molar-refractivity contribution in [2.45, 2.75) is 6.61 Å². The number of benzene rings is 2. The molecule has 0 fully saturated rings. The van der Waals surface area contributed by atoms with Crippen molar-refractivity contribution in [3.8, 4) is 17.2 Å². The molecule has 23 heavy (non-hydrogen) atoms. The van der Waals surface area contributed by atoms with Crippen LogP contribution in [0, 0.1) is 0 Å². The Kier molecular flexibility index (Phi) is 3.86. The van der Waals surface area contributed by atoms with Crippen molar-refractivity contribution >= 4 is 22.7 Å². The van der Waals surface area contributed by atoms with E-state index in [1.54, 1.807) is 36.4 Å². The Morgan fingerprint density at radius 2 is 1.78 bits per heavy atom. The van der Waals surface area contributed by atoms with Gasteiger partial charge in [-0.25, -0.2) is 4.98 Å². The number of fused-ring (bicyclic) bond motifs is 1. The number of hydrogen-bond donors (Lipinski definition) is 3. The third-order valence-corrected chi connectivity index (χ3v) is 3.34. The van der Waals surface area contributed by atoms with Gasteiger partial charge in [-0.3, -0.25) is 0 Å². The van der Waals surface area contributed by atoms with Crippen molar-refractivity contribution < 1.29 is 14.6 Å². The summed E-state index contributed by atoms with van der Waals surface area (Å²) in [5, 5.41) is 9.65. The largest absolute Gasteiger partial charge is 0.496 e. The number of aliphatic hydroxyl groups excluding tert-OH is 1. The summed E-state index contributed by atoms with van der Waals surface area (Å²) in [7, 11) is 1.53. The van der Waals surface area contributed by atoms with Crippen LogP contribution in [0.5, 0.6) is 17.2 Å². The Hall–Kier alpha value is -3.06. The molecular formula is C16H16N4O3. The first-order valence-corrected chi connectivity index (χ1v) is 6.89. The van der Waals surface area contributed by atoms with E-state index >= 15 is 0 Å². The van der Waals surface area contributed by atoms with Crippen molar-refractivity contribution in [2.24, 2.45) is 0 Å². The van der Waals surface area contributed by atoms with Gasteiger partial charge in [0, 0.05) is 12.1 Å². The number of nitrogens with zero attached hydrogens (tertiary/aromatic N) is 2. The molecule has 0 saturated carbocycles. The van der Waals surface area contributed by atoms with Crippen LogP contribution >= 0.6 is 0 Å². The molecule has 3 rings (SSSR count). The topological polar surface area (TPSA) is 117 Å². The van der Waals surface area contributed by atoms with Gasteiger partial charge in [0.25, 0.3) is 0 Å². The molecule has 0 aliphatic rings. The minimum absolute atomic E-state index is 0.0143. The Morgan fingerprint density at radius 3 is 2.43 bits per heavy atom. The van der Waals surface area contributed by atoms with E-state index < -0.39 is 0 Å². The van der Waals surface area contributed by atoms with E-state index in [-0.39, 0.29) is 18.4 Å². The maximum atomic E-state index is 9.06. The number of methoxy groups -OCH3 is 1. The molecule has 118 valence electrons. The maximum absolute atomic E-state index is 9.06. The van der Waals surface area contributed by atoms with Crippen molar-refractivity contribution in [1.82, 2.24) is 9.97 Å². The fourth-order valence-corrected chi connectivity index (χ4v) is 2.27. The van der Waals surface area contributed by atoms with Gasteiger partial charge >= 0.3 is 0 Å². The van der Waals surface area contributed by atoms with Gasteiger partial charge < -0.3 is 26.0 Å². The van der Waals surface area contributed by atoms with Gasteiger partial charge in [-0.2, -0.15) is 4.98 Å². The molecule has 7 heteroatoms. The molecule has 7 nitrogen and oxygen atoms in total. The molecule has 0 atom stereocenters. The van der Waals surface area contributed by atoms with E-state index in [2.05, 4.69) is 9.97 Å². The lowest BCUT2D eigenvalue weighted by molar-refractivity contribution is 0.281. The number of nitrogens with two attached hydrogens (primary N) is 2. The van der Waals surface area contributed by atoms with Gasteiger partial charge in [0.15, 0.2) is 0 Å². The minimum atomic E-state index is -0.0143. The van der Waals surface area contributed by atoms with Gasteiger partial charge in [-0.05, 0) is 17.7 Å². The Labute approximate surface area is 132 Å². The van der Waals surface area contributed by atoms with Crippen LogP contribution in [0.4, 0.5) is 11.8 Å². The quantitative estimate of drug-likeness (QED) is 0.675. The van der Waals surface area contributed by atoms with Gasteiger partial charge in [-0.1, -0.05) is 12.1 Å². The van der Waals surface area contributed by atoms with Gasteiger partial charge in [0.1, 0.15) is 23.1 Å². The molecule has 1 aromatic heterocycles. The molecule has 0 amide bonds. The highest BCUT2D eigenvalue weighted by Gasteiger charge is 2.12. The summed E-state index contributed by atoms with van der Waals surface area (Å²) in [5.41, 5.74) is 12.9. The predicted molar refractivity (Wildman–Crippen MR) is 87.4 cm³/mol. The minimum Gasteiger partial charge on any atom is -0.496 e. The summed E-state index contributed by atoms with van der Waals surface area (Å²) in [6, 6.07) is 10.5. The molecule has 1 heterocycles. The third kappa shape index (κ3) is 2.95. The van der Waals surface area contributed by atoms with Crippen LogP contribution in [0.1, 0.15) is 5.56 Å². The predicted octanol–water partition coefficient (Wildman–Crippen LogP) is 2.09. The summed E-state index contributed by atoms with van der Waals surface area (Å²) in [6.07, 6.45) is 0. The Bertz CT molecular complexity index is 850. The smallest absolute Gasteiger partial charge is 0.222 e. The first-order valence-electron chi connectivity index (χ1n) is 6.89. The zero-order valence-electron chi connectivity index (χ0n) is 12.5. The van der Waals surface area contributed by atoms with Crippen molar-refractivity contribution in [3.05, 3.63) is 42.0 Å². The van der Waals surface area contributed by atoms with Crippen LogP contribution in [0.25, 0.3) is 10.9 Å². The lowest BCUT2D eigenvalue weighted by Crippen LogP contribution is -2.02. The fourth-order valence-electron chi connectivity index (χ4n) is 2.27. The standard InChI is InChI=1S/C16H16N4O3/c1-22-13-7-11(23-10-4-2-9(8-21)3-5-10)6-12-14(13)15(17)20-16(18)19-12/h2-7,21H,8H2,1H3,(H4,17,18,19,20). The summed E-state index contributed by atoms with van der Waals surface area (Å²) in [6.45, 7) is -0.0143. The molecule has 0 bridgehead atoms. The number of nitrogen functional groups attached to an aromatic ring is 2. The molecule has 2 aromatic carbocycles. The SMILES string of the molecule is COc1cc(Oc2ccc(CO)cc2)cc2nc(N)nc(N)c12. The highest BCUT2D eigenvalue weighted by molar-refractivity contribution is 5.95. The number of aromatic nitrogens is 2. The lowest BCUT2D eigenvalue weighted by atomic mass is 10.2. The van der Waals surface area contributed by atoms with Crippen LogP contribution in [-0.2, 0) is 6.61 Å². The maximum Gasteiger partial charge on any atom is 0.222 e. The molecular weight excluding hydrogens is 296 g/mol. The average molecular weight is 312 g/mol. The Balaban J connectivity index is 2.03. The second-order valence-corrected chi connectivity index (χ2v) is 4.89. The van der Waals surface area contributed by atoms with E-state index in [4.69, 9.17) is 26.0 Å². The van der Waals surface area contributed by atoms with Crippen molar-refractivity contribution in [1.29, 1.82) is 0 Å². The lowest BCUT2D eigenvalue weighted by Gasteiger charge is -2.12. The third-order valence-electron chi connectivity index (χ3n) is 3.34. The zero-order chi connectivity index (χ0) is 16.4. The van der Waals surface area contributed by atoms with Crippen LogP contribution in [0.2, 0.25) is 0 Å². The Morgan fingerprint density at radius 1 is 1.04 bits per heavy atom. The zero-order valence-corrected chi connectivity index (χ0v) is 12.5. The molecule has 0 saturated heterocycles. The van der Waals surface area contributed by atoms with Crippen LogP contribution < -0.4 is 20.9 Å². The second kappa shape index (κ2) is 5.98. The van der Waals surface area contributed by atoms with Crippen molar-refractivity contribution in [2.75, 3.05) is 18.6 Å². The highest BCUT2D eigenvalue weighted by Crippen LogP contribution is 2.35. The number of aliphatic hydroxyl groups is 1. The van der Waals surface area contributed by atoms with Crippen LogP contribution in [-0.4, -0.2) is 22.2 Å². The summed E-state index contributed by atoms with van der Waals surface area (Å²) < 4.78 is 11.2. The number of ether oxygens (including phenoxy) is 2. The second-order valence-electron chi connectivity index (χ2n) is 4.89. The highest BCUT2D eigenvalue weighted by atomic mass is 16.5. The van der Waals surface area contributed by atoms with Gasteiger partial charge in [0.2, 0.25) is 5.95 Å². The molecule has 3 aromatic rings. The average Bonchev–Trinajstić information content (AvgIpc) is 2.54.